The van der Waals surface area contributed by atoms with Gasteiger partial charge in [-0.3, -0.25) is 0 Å². The number of benzene rings is 12. The molecule has 12 aromatic carbocycles. The Morgan fingerprint density at radius 1 is 0.287 bits per heavy atom. The highest BCUT2D eigenvalue weighted by Crippen LogP contribution is 2.53. The van der Waals surface area contributed by atoms with Crippen molar-refractivity contribution in [2.75, 3.05) is 9.80 Å². The number of hydrogen-bond acceptors (Lipinski definition) is 4. The molecule has 0 aliphatic rings. The van der Waals surface area contributed by atoms with Gasteiger partial charge < -0.3 is 18.6 Å². The summed E-state index contributed by atoms with van der Waals surface area (Å²) in [7, 11) is 0. The first-order valence-corrected chi connectivity index (χ1v) is 28.2. The van der Waals surface area contributed by atoms with Crippen LogP contribution in [-0.4, -0.2) is 0 Å². The molecule has 0 aliphatic heterocycles. The fourth-order valence-electron chi connectivity index (χ4n) is 12.9. The molecule has 0 spiro atoms. The predicted molar refractivity (Wildman–Crippen MR) is 341 cm³/mol. The van der Waals surface area contributed by atoms with Crippen molar-refractivity contribution in [3.8, 4) is 22.3 Å². The van der Waals surface area contributed by atoms with Gasteiger partial charge in [-0.15, -0.1) is 0 Å². The van der Waals surface area contributed by atoms with Crippen LogP contribution in [0.15, 0.2) is 215 Å². The van der Waals surface area contributed by atoms with Gasteiger partial charge in [-0.1, -0.05) is 224 Å². The Morgan fingerprint density at radius 3 is 1.05 bits per heavy atom. The zero-order chi connectivity index (χ0) is 54.9. The largest absolute Gasteiger partial charge is 0.454 e. The molecule has 0 amide bonds. The number of furan rings is 2. The van der Waals surface area contributed by atoms with E-state index in [-0.39, 0.29) is 10.8 Å². The number of fused-ring (bicyclic) bond motifs is 6. The fraction of sp³-hybridized carbons (Fsp3) is 0.158. The molecule has 0 bridgehead atoms. The molecule has 0 N–H and O–H groups in total. The molecule has 0 unspecified atom stereocenters. The monoisotopic (exact) mass is 1040 g/mol. The topological polar surface area (TPSA) is 32.8 Å². The summed E-state index contributed by atoms with van der Waals surface area (Å²) in [5.74, 6) is 0. The molecular formula is C76H64N2O2. The summed E-state index contributed by atoms with van der Waals surface area (Å²) < 4.78 is 14.7. The summed E-state index contributed by atoms with van der Waals surface area (Å²) in [6.45, 7) is 22.6. The summed E-state index contributed by atoms with van der Waals surface area (Å²) in [4.78, 5) is 5.02. The van der Waals surface area contributed by atoms with Crippen molar-refractivity contribution >= 4 is 110 Å². The van der Waals surface area contributed by atoms with E-state index >= 15 is 0 Å². The van der Waals surface area contributed by atoms with Crippen molar-refractivity contribution in [2.45, 2.75) is 80.1 Å². The zero-order valence-corrected chi connectivity index (χ0v) is 47.3. The quantitative estimate of drug-likeness (QED) is 0.142. The van der Waals surface area contributed by atoms with E-state index in [2.05, 4.69) is 285 Å². The predicted octanol–water partition coefficient (Wildman–Crippen LogP) is 22.5. The molecule has 14 rings (SSSR count). The number of anilines is 6. The number of nitrogens with zero attached hydrogens (tertiary/aromatic N) is 2. The van der Waals surface area contributed by atoms with Gasteiger partial charge in [0.15, 0.2) is 11.2 Å². The summed E-state index contributed by atoms with van der Waals surface area (Å²) in [5.41, 5.74) is 21.4. The van der Waals surface area contributed by atoms with E-state index in [4.69, 9.17) is 8.83 Å². The second-order valence-electron chi connectivity index (χ2n) is 24.3. The molecule has 0 atom stereocenters. The summed E-state index contributed by atoms with van der Waals surface area (Å²) >= 11 is 0. The highest BCUT2D eigenvalue weighted by Gasteiger charge is 2.31. The second kappa shape index (κ2) is 18.2. The van der Waals surface area contributed by atoms with E-state index in [1.165, 1.54) is 43.8 Å². The molecule has 80 heavy (non-hydrogen) atoms. The SMILES string of the molecule is Cc1ccc(-c2ccccc2)cc1N(c1ccc2ccc3c(N(c4cc(-c5ccccc5)ccc4C)c4c(C)ccc5c4oc4c(C(C)(C)C)cccc45)ccc4ccc1c2c43)c1c(C)ccc2c1oc1c(C(C)(C)C)cccc12. The lowest BCUT2D eigenvalue weighted by molar-refractivity contribution is 0.572. The maximum absolute atomic E-state index is 7.33. The highest BCUT2D eigenvalue weighted by atomic mass is 16.3. The third kappa shape index (κ3) is 7.71. The first-order chi connectivity index (χ1) is 38.6. The third-order valence-electron chi connectivity index (χ3n) is 17.0. The van der Waals surface area contributed by atoms with Crippen LogP contribution in [0, 0.1) is 27.7 Å². The van der Waals surface area contributed by atoms with E-state index < -0.39 is 0 Å². The van der Waals surface area contributed by atoms with Gasteiger partial charge in [0.2, 0.25) is 0 Å². The maximum Gasteiger partial charge on any atom is 0.159 e. The van der Waals surface area contributed by atoms with Gasteiger partial charge in [0, 0.05) is 54.8 Å². The molecule has 0 saturated heterocycles. The molecule has 4 nitrogen and oxygen atoms in total. The Hall–Kier alpha value is -9.12. The molecule has 0 aliphatic carbocycles. The van der Waals surface area contributed by atoms with Crippen LogP contribution < -0.4 is 9.80 Å². The lowest BCUT2D eigenvalue weighted by Crippen LogP contribution is -2.14. The maximum atomic E-state index is 7.33. The van der Waals surface area contributed by atoms with Crippen LogP contribution >= 0.6 is 0 Å². The van der Waals surface area contributed by atoms with Gasteiger partial charge in [0.05, 0.1) is 22.7 Å². The van der Waals surface area contributed by atoms with E-state index in [0.29, 0.717) is 0 Å². The normalized spacial score (nSPS) is 12.4. The fourth-order valence-corrected chi connectivity index (χ4v) is 12.9. The van der Waals surface area contributed by atoms with Gasteiger partial charge in [0.1, 0.15) is 11.2 Å². The van der Waals surface area contributed by atoms with Crippen LogP contribution in [0.25, 0.3) is 98.4 Å². The Morgan fingerprint density at radius 2 is 0.650 bits per heavy atom. The second-order valence-corrected chi connectivity index (χ2v) is 24.3. The van der Waals surface area contributed by atoms with Crippen LogP contribution in [0.5, 0.6) is 0 Å². The summed E-state index contributed by atoms with van der Waals surface area (Å²) in [5, 5.41) is 11.6. The van der Waals surface area contributed by atoms with Crippen molar-refractivity contribution < 1.29 is 8.83 Å². The molecule has 4 heteroatoms. The van der Waals surface area contributed by atoms with Crippen LogP contribution in [0.3, 0.4) is 0 Å². The number of hydrogen-bond donors (Lipinski definition) is 0. The number of rotatable bonds is 8. The lowest BCUT2D eigenvalue weighted by atomic mass is 9.86. The third-order valence-corrected chi connectivity index (χ3v) is 17.0. The van der Waals surface area contributed by atoms with E-state index in [9.17, 15) is 0 Å². The first kappa shape index (κ1) is 49.2. The minimum absolute atomic E-state index is 0.125. The van der Waals surface area contributed by atoms with Crippen molar-refractivity contribution in [1.29, 1.82) is 0 Å². The number of para-hydroxylation sites is 2. The van der Waals surface area contributed by atoms with E-state index in [1.54, 1.807) is 0 Å². The van der Waals surface area contributed by atoms with Crippen molar-refractivity contribution in [3.63, 3.8) is 0 Å². The van der Waals surface area contributed by atoms with Gasteiger partial charge in [-0.25, -0.2) is 0 Å². The molecule has 14 aromatic rings. The Bertz CT molecular complexity index is 4470. The summed E-state index contributed by atoms with van der Waals surface area (Å²) in [6.07, 6.45) is 0. The van der Waals surface area contributed by atoms with E-state index in [0.717, 1.165) is 122 Å². The molecule has 0 fully saturated rings. The first-order valence-electron chi connectivity index (χ1n) is 28.2. The van der Waals surface area contributed by atoms with Gasteiger partial charge >= 0.3 is 0 Å². The van der Waals surface area contributed by atoms with Crippen LogP contribution in [0.4, 0.5) is 34.1 Å². The number of aryl methyl sites for hydroxylation is 4. The highest BCUT2D eigenvalue weighted by molar-refractivity contribution is 6.29. The van der Waals surface area contributed by atoms with Crippen molar-refractivity contribution in [2.24, 2.45) is 0 Å². The molecule has 390 valence electrons. The minimum atomic E-state index is -0.125. The molecule has 2 heterocycles. The minimum Gasteiger partial charge on any atom is -0.454 e. The summed E-state index contributed by atoms with van der Waals surface area (Å²) in [6, 6.07) is 76.3. The molecule has 0 radical (unpaired) electrons. The lowest BCUT2D eigenvalue weighted by Gasteiger charge is -2.32. The Balaban J connectivity index is 1.07. The van der Waals surface area contributed by atoms with Crippen LogP contribution in [0.2, 0.25) is 0 Å². The van der Waals surface area contributed by atoms with Crippen molar-refractivity contribution in [3.05, 3.63) is 240 Å². The zero-order valence-electron chi connectivity index (χ0n) is 47.3. The van der Waals surface area contributed by atoms with Crippen molar-refractivity contribution in [1.82, 2.24) is 0 Å². The average Bonchev–Trinajstić information content (AvgIpc) is 4.14. The van der Waals surface area contributed by atoms with Crippen LogP contribution in [0.1, 0.15) is 74.9 Å². The van der Waals surface area contributed by atoms with Gasteiger partial charge in [-0.2, -0.15) is 0 Å². The van der Waals surface area contributed by atoms with Crippen LogP contribution in [-0.2, 0) is 10.8 Å². The molecule has 2 aromatic heterocycles. The van der Waals surface area contributed by atoms with Gasteiger partial charge in [-0.05, 0) is 129 Å². The molecule has 0 saturated carbocycles. The standard InChI is InChI=1S/C76H64N2O2/c1-45-27-31-53(49-19-13-11-14-20-49)43-65(45)77(69-47(3)29-37-57-55-23-17-25-61(75(5,6)7)71(55)79-73(57)69)63-41-35-51-34-40-60-64(42-36-52-33-39-59(63)67(51)68(52)60)78(66-44-54(32-28-46(66)2)50-21-15-12-16-22-50)70-48(4)30-38-58-56-24-18-26-62(76(8,9)10)72(56)80-74(58)70/h11-44H,1-10H3. The van der Waals surface area contributed by atoms with E-state index in [1.807, 2.05) is 0 Å². The molecular weight excluding hydrogens is 973 g/mol. The van der Waals surface area contributed by atoms with Gasteiger partial charge in [0.25, 0.3) is 0 Å². The Labute approximate surface area is 468 Å². The average molecular weight is 1040 g/mol. The Kier molecular flexibility index (Phi) is 11.2. The smallest absolute Gasteiger partial charge is 0.159 e.